The third-order valence-electron chi connectivity index (χ3n) is 2.88. The molecule has 0 aliphatic heterocycles. The fourth-order valence-corrected chi connectivity index (χ4v) is 1.81. The molecule has 3 N–H and O–H groups in total. The topological polar surface area (TPSA) is 64.4 Å². The van der Waals surface area contributed by atoms with E-state index < -0.39 is 12.7 Å². The van der Waals surface area contributed by atoms with Gasteiger partial charge in [0.05, 0.1) is 12.1 Å². The molecule has 0 heterocycles. The van der Waals surface area contributed by atoms with Gasteiger partial charge < -0.3 is 15.8 Å². The van der Waals surface area contributed by atoms with Gasteiger partial charge in [0.25, 0.3) is 0 Å². The molecule has 2 unspecified atom stereocenters. The van der Waals surface area contributed by atoms with E-state index in [1.165, 1.54) is 12.1 Å². The zero-order valence-corrected chi connectivity index (χ0v) is 11.6. The lowest BCUT2D eigenvalue weighted by Gasteiger charge is -2.18. The molecule has 0 saturated heterocycles. The highest BCUT2D eigenvalue weighted by atomic mass is 19.3. The molecule has 0 spiro atoms. The average Bonchev–Trinajstić information content (AvgIpc) is 2.38. The molecule has 1 aromatic rings. The Balaban J connectivity index is 2.67. The summed E-state index contributed by atoms with van der Waals surface area (Å²) in [6.07, 6.45) is 1.42. The second-order valence-electron chi connectivity index (χ2n) is 4.58. The smallest absolute Gasteiger partial charge is 0.387 e. The van der Waals surface area contributed by atoms with E-state index in [9.17, 15) is 13.6 Å². The second-order valence-corrected chi connectivity index (χ2v) is 4.58. The molecule has 0 fully saturated rings. The summed E-state index contributed by atoms with van der Waals surface area (Å²) >= 11 is 0. The van der Waals surface area contributed by atoms with Gasteiger partial charge in [-0.25, -0.2) is 0 Å². The van der Waals surface area contributed by atoms with Crippen molar-refractivity contribution < 1.29 is 18.3 Å². The quantitative estimate of drug-likeness (QED) is 0.809. The van der Waals surface area contributed by atoms with Crippen molar-refractivity contribution in [2.45, 2.75) is 45.4 Å². The van der Waals surface area contributed by atoms with Gasteiger partial charge in [-0.1, -0.05) is 25.5 Å². The zero-order chi connectivity index (χ0) is 15.1. The number of amides is 1. The average molecular weight is 286 g/mol. The van der Waals surface area contributed by atoms with Gasteiger partial charge in [-0.15, -0.1) is 0 Å². The number of ether oxygens (including phenoxy) is 1. The van der Waals surface area contributed by atoms with E-state index in [1.54, 1.807) is 19.1 Å². The summed E-state index contributed by atoms with van der Waals surface area (Å²) in [7, 11) is 0. The molecule has 1 rings (SSSR count). The molecule has 0 radical (unpaired) electrons. The highest BCUT2D eigenvalue weighted by molar-refractivity contribution is 5.81. The van der Waals surface area contributed by atoms with Crippen LogP contribution in [0.15, 0.2) is 24.3 Å². The minimum absolute atomic E-state index is 0.0662. The van der Waals surface area contributed by atoms with Gasteiger partial charge in [0.15, 0.2) is 0 Å². The standard InChI is InChI=1S/C14H20F2N2O2/c1-3-5-12(17)13(19)18-9(2)10-6-4-7-11(8-10)20-14(15)16/h4,6-9,12,14H,3,5,17H2,1-2H3,(H,18,19). The summed E-state index contributed by atoms with van der Waals surface area (Å²) in [6.45, 7) is 0.841. The van der Waals surface area contributed by atoms with Crippen LogP contribution in [-0.2, 0) is 4.79 Å². The molecule has 112 valence electrons. The molecule has 6 heteroatoms. The molecule has 4 nitrogen and oxygen atoms in total. The van der Waals surface area contributed by atoms with Gasteiger partial charge in [0, 0.05) is 0 Å². The molecule has 1 amide bonds. The summed E-state index contributed by atoms with van der Waals surface area (Å²) in [5, 5.41) is 2.75. The highest BCUT2D eigenvalue weighted by Gasteiger charge is 2.16. The Morgan fingerprint density at radius 3 is 2.75 bits per heavy atom. The number of alkyl halides is 2. The predicted octanol–water partition coefficient (Wildman–Crippen LogP) is 2.59. The molecule has 20 heavy (non-hydrogen) atoms. The second kappa shape index (κ2) is 7.79. The lowest BCUT2D eigenvalue weighted by Crippen LogP contribution is -2.41. The maximum absolute atomic E-state index is 12.1. The van der Waals surface area contributed by atoms with Gasteiger partial charge in [-0.2, -0.15) is 8.78 Å². The molecule has 0 aromatic heterocycles. The maximum Gasteiger partial charge on any atom is 0.387 e. The Morgan fingerprint density at radius 2 is 2.15 bits per heavy atom. The van der Waals surface area contributed by atoms with Crippen molar-refractivity contribution in [3.63, 3.8) is 0 Å². The lowest BCUT2D eigenvalue weighted by atomic mass is 10.1. The minimum Gasteiger partial charge on any atom is -0.435 e. The first-order valence-electron chi connectivity index (χ1n) is 6.54. The zero-order valence-electron chi connectivity index (χ0n) is 11.6. The van der Waals surface area contributed by atoms with Crippen LogP contribution in [0.1, 0.15) is 38.3 Å². The first-order valence-corrected chi connectivity index (χ1v) is 6.54. The molecule has 0 aliphatic carbocycles. The number of benzene rings is 1. The van der Waals surface area contributed by atoms with Gasteiger partial charge in [0.2, 0.25) is 5.91 Å². The predicted molar refractivity (Wildman–Crippen MR) is 72.5 cm³/mol. The van der Waals surface area contributed by atoms with E-state index in [0.29, 0.717) is 12.0 Å². The molecule has 0 aliphatic rings. The van der Waals surface area contributed by atoms with Crippen LogP contribution in [-0.4, -0.2) is 18.6 Å². The number of hydrogen-bond acceptors (Lipinski definition) is 3. The van der Waals surface area contributed by atoms with Gasteiger partial charge >= 0.3 is 6.61 Å². The lowest BCUT2D eigenvalue weighted by molar-refractivity contribution is -0.123. The molecular formula is C14H20F2N2O2. The van der Waals surface area contributed by atoms with Crippen molar-refractivity contribution >= 4 is 5.91 Å². The Kier molecular flexibility index (Phi) is 6.38. The van der Waals surface area contributed by atoms with Gasteiger partial charge in [-0.3, -0.25) is 4.79 Å². The first kappa shape index (κ1) is 16.4. The fraction of sp³-hybridized carbons (Fsp3) is 0.500. The number of carbonyl (C=O) groups is 1. The summed E-state index contributed by atoms with van der Waals surface area (Å²) < 4.78 is 28.6. The van der Waals surface area contributed by atoms with E-state index in [1.807, 2.05) is 6.92 Å². The van der Waals surface area contributed by atoms with Crippen LogP contribution in [0.25, 0.3) is 0 Å². The Labute approximate surface area is 117 Å². The van der Waals surface area contributed by atoms with Crippen molar-refractivity contribution in [2.75, 3.05) is 0 Å². The summed E-state index contributed by atoms with van der Waals surface area (Å²) in [5.74, 6) is -0.184. The van der Waals surface area contributed by atoms with Crippen molar-refractivity contribution in [3.8, 4) is 5.75 Å². The normalized spacial score (nSPS) is 13.9. The number of rotatable bonds is 7. The van der Waals surface area contributed by atoms with E-state index in [2.05, 4.69) is 10.1 Å². The van der Waals surface area contributed by atoms with Crippen LogP contribution in [0, 0.1) is 0 Å². The number of halogens is 2. The minimum atomic E-state index is -2.87. The number of carbonyl (C=O) groups excluding carboxylic acids is 1. The van der Waals surface area contributed by atoms with Gasteiger partial charge in [0.1, 0.15) is 5.75 Å². The van der Waals surface area contributed by atoms with Crippen molar-refractivity contribution in [1.82, 2.24) is 5.32 Å². The number of nitrogens with two attached hydrogens (primary N) is 1. The Morgan fingerprint density at radius 1 is 1.45 bits per heavy atom. The van der Waals surface area contributed by atoms with Crippen molar-refractivity contribution in [3.05, 3.63) is 29.8 Å². The van der Waals surface area contributed by atoms with Crippen LogP contribution in [0.2, 0.25) is 0 Å². The number of hydrogen-bond donors (Lipinski definition) is 2. The summed E-state index contributed by atoms with van der Waals surface area (Å²) in [5.41, 5.74) is 6.39. The van der Waals surface area contributed by atoms with Crippen LogP contribution in [0.5, 0.6) is 5.75 Å². The fourth-order valence-electron chi connectivity index (χ4n) is 1.81. The van der Waals surface area contributed by atoms with Crippen molar-refractivity contribution in [2.24, 2.45) is 5.73 Å². The highest BCUT2D eigenvalue weighted by Crippen LogP contribution is 2.20. The third-order valence-corrected chi connectivity index (χ3v) is 2.88. The summed E-state index contributed by atoms with van der Waals surface area (Å²) in [4.78, 5) is 11.8. The van der Waals surface area contributed by atoms with Gasteiger partial charge in [-0.05, 0) is 31.0 Å². The van der Waals surface area contributed by atoms with Crippen LogP contribution in [0.4, 0.5) is 8.78 Å². The molecule has 0 saturated carbocycles. The van der Waals surface area contributed by atoms with E-state index >= 15 is 0 Å². The molecule has 0 bridgehead atoms. The SMILES string of the molecule is CCCC(N)C(=O)NC(C)c1cccc(OC(F)F)c1. The molecule has 2 atom stereocenters. The largest absolute Gasteiger partial charge is 0.435 e. The van der Waals surface area contributed by atoms with E-state index in [-0.39, 0.29) is 17.7 Å². The summed E-state index contributed by atoms with van der Waals surface area (Å²) in [6, 6.07) is 5.36. The van der Waals surface area contributed by atoms with Crippen LogP contribution in [0.3, 0.4) is 0 Å². The van der Waals surface area contributed by atoms with Crippen molar-refractivity contribution in [1.29, 1.82) is 0 Å². The first-order chi connectivity index (χ1) is 9.43. The molecular weight excluding hydrogens is 266 g/mol. The van der Waals surface area contributed by atoms with Crippen LogP contribution >= 0.6 is 0 Å². The maximum atomic E-state index is 12.1. The molecule has 1 aromatic carbocycles. The third kappa shape index (κ3) is 5.13. The number of nitrogens with one attached hydrogen (secondary N) is 1. The Hall–Kier alpha value is -1.69. The van der Waals surface area contributed by atoms with Crippen LogP contribution < -0.4 is 15.8 Å². The van der Waals surface area contributed by atoms with E-state index in [4.69, 9.17) is 5.73 Å². The van der Waals surface area contributed by atoms with E-state index in [0.717, 1.165) is 6.42 Å². The Bertz CT molecular complexity index is 441. The monoisotopic (exact) mass is 286 g/mol.